The molecule has 1 aliphatic carbocycles. The Morgan fingerprint density at radius 3 is 2.65 bits per heavy atom. The van der Waals surface area contributed by atoms with Crippen molar-refractivity contribution in [1.29, 1.82) is 0 Å². The Kier molecular flexibility index (Phi) is 6.38. The van der Waals surface area contributed by atoms with E-state index < -0.39 is 29.9 Å². The number of hydrogen-bond acceptors (Lipinski definition) is 7. The minimum absolute atomic E-state index is 0.0210. The second-order valence-electron chi connectivity index (χ2n) is 10.1. The van der Waals surface area contributed by atoms with Crippen LogP contribution in [0.1, 0.15) is 79.6 Å². The molecule has 5 fully saturated rings. The molecule has 5 aliphatic rings. The molecule has 8 nitrogen and oxygen atoms in total. The summed E-state index contributed by atoms with van der Waals surface area (Å²) in [7, 11) is 0. The molecule has 5 rings (SSSR count). The van der Waals surface area contributed by atoms with Crippen molar-refractivity contribution in [3.8, 4) is 0 Å². The number of nitrogens with one attached hydrogen (secondary N) is 1. The van der Waals surface area contributed by atoms with E-state index in [-0.39, 0.29) is 42.5 Å². The quantitative estimate of drug-likeness (QED) is 0.501. The highest BCUT2D eigenvalue weighted by atomic mass is 17.3. The fourth-order valence-corrected chi connectivity index (χ4v) is 5.86. The van der Waals surface area contributed by atoms with E-state index >= 15 is 0 Å². The molecule has 0 aromatic carbocycles. The lowest BCUT2D eigenvalue weighted by molar-refractivity contribution is -0.576. The molecule has 4 aliphatic heterocycles. The lowest BCUT2D eigenvalue weighted by Crippen LogP contribution is -2.70. The Balaban J connectivity index is 1.44. The van der Waals surface area contributed by atoms with Gasteiger partial charge in [0.05, 0.1) is 6.42 Å². The van der Waals surface area contributed by atoms with Crippen LogP contribution in [0.5, 0.6) is 0 Å². The van der Waals surface area contributed by atoms with Crippen LogP contribution in [0.4, 0.5) is 0 Å². The number of rotatable bonds is 6. The van der Waals surface area contributed by atoms with Crippen molar-refractivity contribution >= 4 is 11.9 Å². The molecule has 1 spiro atoms. The minimum atomic E-state index is -0.860. The number of fused-ring (bicyclic) bond motifs is 2. The Bertz CT molecular complexity index is 701. The topological polar surface area (TPSA) is 92.3 Å². The Hall–Kier alpha value is -1.22. The molecule has 2 bridgehead atoms. The highest BCUT2D eigenvalue weighted by molar-refractivity contribution is 5.81. The molecular weight excluding hydrogens is 402 g/mol. The standard InChI is InChI=1S/C23H37NO7/c1-6-14(3)24-18(25)9-10-19(26)27-20-15(4)17-8-7-13(2)16-11-12-22(5)29-21(28-20)23(16,17)31-30-22/h13-17,20-21H,6-12H2,1-5H3,(H,24,25)/t13-,14+,15+,16+,17+,20-,21+,22-,23-/m1/s1. The van der Waals surface area contributed by atoms with Gasteiger partial charge in [0.2, 0.25) is 18.0 Å². The summed E-state index contributed by atoms with van der Waals surface area (Å²) in [6.07, 6.45) is 3.31. The van der Waals surface area contributed by atoms with Gasteiger partial charge in [-0.1, -0.05) is 20.8 Å². The number of ether oxygens (including phenoxy) is 3. The van der Waals surface area contributed by atoms with E-state index in [1.807, 2.05) is 27.7 Å². The molecule has 1 amide bonds. The lowest BCUT2D eigenvalue weighted by atomic mass is 9.58. The van der Waals surface area contributed by atoms with Gasteiger partial charge in [0.15, 0.2) is 11.9 Å². The highest BCUT2D eigenvalue weighted by Crippen LogP contribution is 2.60. The zero-order chi connectivity index (χ0) is 22.4. The summed E-state index contributed by atoms with van der Waals surface area (Å²) >= 11 is 0. The molecule has 31 heavy (non-hydrogen) atoms. The van der Waals surface area contributed by atoms with Gasteiger partial charge in [-0.25, -0.2) is 9.78 Å². The normalized spacial score (nSPS) is 44.7. The van der Waals surface area contributed by atoms with Gasteiger partial charge in [-0.15, -0.1) is 0 Å². The molecule has 0 unspecified atom stereocenters. The van der Waals surface area contributed by atoms with Crippen LogP contribution < -0.4 is 5.32 Å². The first-order valence-electron chi connectivity index (χ1n) is 11.9. The van der Waals surface area contributed by atoms with Crippen molar-refractivity contribution in [1.82, 2.24) is 5.32 Å². The lowest BCUT2D eigenvalue weighted by Gasteiger charge is -2.59. The molecule has 8 heteroatoms. The van der Waals surface area contributed by atoms with Crippen molar-refractivity contribution < 1.29 is 33.6 Å². The predicted octanol–water partition coefficient (Wildman–Crippen LogP) is 3.43. The van der Waals surface area contributed by atoms with Crippen molar-refractivity contribution in [2.45, 2.75) is 110 Å². The summed E-state index contributed by atoms with van der Waals surface area (Å²) in [5, 5.41) is 2.87. The van der Waals surface area contributed by atoms with Crippen LogP contribution in [-0.2, 0) is 33.6 Å². The third kappa shape index (κ3) is 4.12. The van der Waals surface area contributed by atoms with E-state index in [9.17, 15) is 9.59 Å². The number of esters is 1. The third-order valence-electron chi connectivity index (χ3n) is 7.92. The van der Waals surface area contributed by atoms with Gasteiger partial charge in [0.1, 0.15) is 0 Å². The van der Waals surface area contributed by atoms with Gasteiger partial charge < -0.3 is 19.5 Å². The number of amides is 1. The molecule has 4 saturated heterocycles. The summed E-state index contributed by atoms with van der Waals surface area (Å²) in [5.41, 5.74) is -0.674. The average Bonchev–Trinajstić information content (AvgIpc) is 2.96. The molecule has 176 valence electrons. The first-order chi connectivity index (χ1) is 14.7. The van der Waals surface area contributed by atoms with Gasteiger partial charge >= 0.3 is 5.97 Å². The van der Waals surface area contributed by atoms with Gasteiger partial charge in [-0.3, -0.25) is 9.59 Å². The smallest absolute Gasteiger partial charge is 0.308 e. The maximum atomic E-state index is 12.5. The monoisotopic (exact) mass is 439 g/mol. The first kappa shape index (κ1) is 23.0. The fourth-order valence-electron chi connectivity index (χ4n) is 5.86. The number of hydrogen-bond donors (Lipinski definition) is 1. The van der Waals surface area contributed by atoms with Crippen LogP contribution in [0.25, 0.3) is 0 Å². The Morgan fingerprint density at radius 1 is 1.13 bits per heavy atom. The molecule has 1 saturated carbocycles. The van der Waals surface area contributed by atoms with Crippen LogP contribution in [-0.4, -0.2) is 41.9 Å². The van der Waals surface area contributed by atoms with E-state index in [2.05, 4.69) is 12.2 Å². The van der Waals surface area contributed by atoms with E-state index in [0.29, 0.717) is 5.92 Å². The zero-order valence-corrected chi connectivity index (χ0v) is 19.3. The minimum Gasteiger partial charge on any atom is -0.435 e. The van der Waals surface area contributed by atoms with Crippen molar-refractivity contribution in [2.24, 2.45) is 23.7 Å². The Labute approximate surface area is 184 Å². The summed E-state index contributed by atoms with van der Waals surface area (Å²) in [5.74, 6) is -0.666. The molecule has 0 aromatic rings. The Morgan fingerprint density at radius 2 is 1.90 bits per heavy atom. The van der Waals surface area contributed by atoms with Crippen molar-refractivity contribution in [2.75, 3.05) is 0 Å². The maximum Gasteiger partial charge on any atom is 0.308 e. The first-order valence-corrected chi connectivity index (χ1v) is 11.9. The predicted molar refractivity (Wildman–Crippen MR) is 110 cm³/mol. The second-order valence-corrected chi connectivity index (χ2v) is 10.1. The molecule has 9 atom stereocenters. The third-order valence-corrected chi connectivity index (χ3v) is 7.92. The molecule has 1 N–H and O–H groups in total. The van der Waals surface area contributed by atoms with Crippen LogP contribution in [0.3, 0.4) is 0 Å². The van der Waals surface area contributed by atoms with Gasteiger partial charge in [0, 0.05) is 30.7 Å². The van der Waals surface area contributed by atoms with Gasteiger partial charge in [-0.2, -0.15) is 0 Å². The molecule has 4 heterocycles. The van der Waals surface area contributed by atoms with Crippen LogP contribution in [0.15, 0.2) is 0 Å². The summed E-state index contributed by atoms with van der Waals surface area (Å²) in [6.45, 7) is 10.1. The van der Waals surface area contributed by atoms with Crippen molar-refractivity contribution in [3.05, 3.63) is 0 Å². The average molecular weight is 440 g/mol. The SMILES string of the molecule is CC[C@H](C)NC(=O)CCC(=O)O[C@@H]1O[C@H]2O[C@@]3(C)CC[C@H]4[C@H](C)CC[C@@H]([C@@H]1C)[C@@]24OO3. The van der Waals surface area contributed by atoms with Gasteiger partial charge in [0.25, 0.3) is 0 Å². The zero-order valence-electron chi connectivity index (χ0n) is 19.3. The molecule has 0 aromatic heterocycles. The molecule has 0 radical (unpaired) electrons. The van der Waals surface area contributed by atoms with E-state index in [0.717, 1.165) is 32.1 Å². The van der Waals surface area contributed by atoms with Crippen molar-refractivity contribution in [3.63, 3.8) is 0 Å². The van der Waals surface area contributed by atoms with E-state index in [1.54, 1.807) is 0 Å². The number of carbonyl (C=O) groups is 2. The van der Waals surface area contributed by atoms with E-state index in [1.165, 1.54) is 0 Å². The second kappa shape index (κ2) is 8.61. The highest BCUT2D eigenvalue weighted by Gasteiger charge is 2.69. The largest absolute Gasteiger partial charge is 0.435 e. The molecular formula is C23H37NO7. The summed E-state index contributed by atoms with van der Waals surface area (Å²) in [4.78, 5) is 36.4. The summed E-state index contributed by atoms with van der Waals surface area (Å²) in [6, 6.07) is 0.0921. The van der Waals surface area contributed by atoms with Crippen LogP contribution in [0.2, 0.25) is 0 Å². The van der Waals surface area contributed by atoms with Gasteiger partial charge in [-0.05, 0) is 51.4 Å². The fraction of sp³-hybridized carbons (Fsp3) is 0.913. The maximum absolute atomic E-state index is 12.5. The van der Waals surface area contributed by atoms with E-state index in [4.69, 9.17) is 24.0 Å². The number of carbonyl (C=O) groups excluding carboxylic acids is 2. The van der Waals surface area contributed by atoms with Crippen LogP contribution in [0, 0.1) is 23.7 Å². The van der Waals surface area contributed by atoms with Crippen LogP contribution >= 0.6 is 0 Å². The summed E-state index contributed by atoms with van der Waals surface area (Å²) < 4.78 is 18.2.